The minimum absolute atomic E-state index is 0.0470. The van der Waals surface area contributed by atoms with Crippen molar-refractivity contribution in [1.82, 2.24) is 10.2 Å². The number of benzene rings is 1. The predicted octanol–water partition coefficient (Wildman–Crippen LogP) is 2.40. The van der Waals surface area contributed by atoms with Gasteiger partial charge >= 0.3 is 0 Å². The van der Waals surface area contributed by atoms with Crippen molar-refractivity contribution >= 4 is 17.5 Å². The summed E-state index contributed by atoms with van der Waals surface area (Å²) < 4.78 is 0. The Balaban J connectivity index is 1.90. The van der Waals surface area contributed by atoms with Gasteiger partial charge in [-0.2, -0.15) is 0 Å². The molecule has 19 heavy (non-hydrogen) atoms. The van der Waals surface area contributed by atoms with Crippen LogP contribution in [0.25, 0.3) is 0 Å². The van der Waals surface area contributed by atoms with E-state index in [0.29, 0.717) is 12.6 Å². The number of hydrogen-bond donors (Lipinski definition) is 1. The molecule has 1 aromatic rings. The molecule has 0 unspecified atom stereocenters. The molecule has 1 aliphatic heterocycles. The number of hydrogen-bond acceptors (Lipinski definition) is 2. The molecule has 0 saturated carbocycles. The molecule has 104 valence electrons. The molecular formula is C15H21ClN2O. The van der Waals surface area contributed by atoms with Crippen molar-refractivity contribution in [2.45, 2.75) is 31.8 Å². The summed E-state index contributed by atoms with van der Waals surface area (Å²) in [6.45, 7) is 2.77. The molecule has 1 amide bonds. The summed E-state index contributed by atoms with van der Waals surface area (Å²) in [4.78, 5) is 13.7. The van der Waals surface area contributed by atoms with Crippen LogP contribution in [0.4, 0.5) is 0 Å². The highest BCUT2D eigenvalue weighted by Gasteiger charge is 2.22. The highest BCUT2D eigenvalue weighted by atomic mass is 35.5. The van der Waals surface area contributed by atoms with Gasteiger partial charge in [-0.05, 0) is 24.9 Å². The maximum atomic E-state index is 11.3. The third-order valence-corrected chi connectivity index (χ3v) is 3.88. The summed E-state index contributed by atoms with van der Waals surface area (Å²) in [6.07, 6.45) is 3.63. The lowest BCUT2D eigenvalue weighted by Gasteiger charge is -2.35. The molecule has 0 aliphatic carbocycles. The first kappa shape index (κ1) is 14.4. The smallest absolute Gasteiger partial charge is 0.234 e. The summed E-state index contributed by atoms with van der Waals surface area (Å²) in [5.74, 6) is -0.0299. The first-order valence-electron chi connectivity index (χ1n) is 6.90. The lowest BCUT2D eigenvalue weighted by atomic mass is 10.0. The Morgan fingerprint density at radius 1 is 1.32 bits per heavy atom. The van der Waals surface area contributed by atoms with Crippen LogP contribution in [-0.4, -0.2) is 35.8 Å². The minimum atomic E-state index is -0.0769. The molecule has 0 aromatic heterocycles. The molecule has 0 spiro atoms. The number of carbonyl (C=O) groups is 1. The Kier molecular flexibility index (Phi) is 5.67. The second-order valence-electron chi connectivity index (χ2n) is 5.04. The van der Waals surface area contributed by atoms with Crippen molar-refractivity contribution in [2.24, 2.45) is 0 Å². The largest absolute Gasteiger partial charge is 0.353 e. The summed E-state index contributed by atoms with van der Waals surface area (Å²) >= 11 is 5.51. The van der Waals surface area contributed by atoms with E-state index >= 15 is 0 Å². The van der Waals surface area contributed by atoms with E-state index < -0.39 is 0 Å². The highest BCUT2D eigenvalue weighted by Crippen LogP contribution is 2.19. The van der Waals surface area contributed by atoms with E-state index in [-0.39, 0.29) is 11.8 Å². The van der Waals surface area contributed by atoms with E-state index in [2.05, 4.69) is 34.5 Å². The Labute approximate surface area is 119 Å². The molecule has 1 heterocycles. The van der Waals surface area contributed by atoms with Gasteiger partial charge in [-0.25, -0.2) is 0 Å². The predicted molar refractivity (Wildman–Crippen MR) is 78.2 cm³/mol. The molecule has 1 aromatic carbocycles. The molecule has 2 rings (SSSR count). The number of halogens is 1. The maximum absolute atomic E-state index is 11.3. The number of alkyl halides is 1. The third kappa shape index (κ3) is 4.51. The van der Waals surface area contributed by atoms with Crippen molar-refractivity contribution in [3.8, 4) is 0 Å². The van der Waals surface area contributed by atoms with E-state index in [0.717, 1.165) is 19.5 Å². The molecule has 0 radical (unpaired) electrons. The van der Waals surface area contributed by atoms with Crippen LogP contribution in [0.5, 0.6) is 0 Å². The number of amides is 1. The van der Waals surface area contributed by atoms with Crippen molar-refractivity contribution in [1.29, 1.82) is 0 Å². The topological polar surface area (TPSA) is 32.3 Å². The zero-order valence-electron chi connectivity index (χ0n) is 11.1. The van der Waals surface area contributed by atoms with Gasteiger partial charge in [0, 0.05) is 19.1 Å². The van der Waals surface area contributed by atoms with Gasteiger partial charge in [0.05, 0.1) is 0 Å². The van der Waals surface area contributed by atoms with Gasteiger partial charge in [0.15, 0.2) is 0 Å². The van der Waals surface area contributed by atoms with Gasteiger partial charge < -0.3 is 5.32 Å². The molecule has 0 bridgehead atoms. The Hall–Kier alpha value is -1.06. The molecule has 1 N–H and O–H groups in total. The second-order valence-corrected chi connectivity index (χ2v) is 5.31. The number of rotatable bonds is 5. The van der Waals surface area contributed by atoms with Crippen LogP contribution >= 0.6 is 11.6 Å². The van der Waals surface area contributed by atoms with Crippen LogP contribution in [0.3, 0.4) is 0 Å². The highest BCUT2D eigenvalue weighted by molar-refractivity contribution is 6.27. The molecular weight excluding hydrogens is 260 g/mol. The van der Waals surface area contributed by atoms with E-state index in [1.54, 1.807) is 0 Å². The molecule has 3 nitrogen and oxygen atoms in total. The van der Waals surface area contributed by atoms with E-state index in [4.69, 9.17) is 11.6 Å². The van der Waals surface area contributed by atoms with Crippen LogP contribution in [0.15, 0.2) is 30.3 Å². The van der Waals surface area contributed by atoms with Gasteiger partial charge in [-0.15, -0.1) is 11.6 Å². The van der Waals surface area contributed by atoms with Crippen LogP contribution in [-0.2, 0) is 11.3 Å². The fraction of sp³-hybridized carbons (Fsp3) is 0.533. The number of nitrogens with one attached hydrogen (secondary N) is 1. The van der Waals surface area contributed by atoms with Gasteiger partial charge in [-0.3, -0.25) is 9.69 Å². The number of carbonyl (C=O) groups excluding carboxylic acids is 1. The van der Waals surface area contributed by atoms with Crippen LogP contribution < -0.4 is 5.32 Å². The third-order valence-electron chi connectivity index (χ3n) is 3.63. The fourth-order valence-corrected chi connectivity index (χ4v) is 2.69. The van der Waals surface area contributed by atoms with Crippen molar-refractivity contribution in [2.75, 3.05) is 19.0 Å². The zero-order valence-corrected chi connectivity index (χ0v) is 11.9. The van der Waals surface area contributed by atoms with Gasteiger partial charge in [0.25, 0.3) is 0 Å². The Morgan fingerprint density at radius 2 is 2.11 bits per heavy atom. The summed E-state index contributed by atoms with van der Waals surface area (Å²) in [7, 11) is 0. The Morgan fingerprint density at radius 3 is 2.84 bits per heavy atom. The lowest BCUT2D eigenvalue weighted by molar-refractivity contribution is -0.119. The first-order valence-corrected chi connectivity index (χ1v) is 7.43. The SMILES string of the molecule is O=C(CCl)NC[C@H]1CCCCN1Cc1ccccc1. The maximum Gasteiger partial charge on any atom is 0.234 e. The van der Waals surface area contributed by atoms with Crippen LogP contribution in [0.1, 0.15) is 24.8 Å². The lowest BCUT2D eigenvalue weighted by Crippen LogP contribution is -2.46. The average Bonchev–Trinajstić information content (AvgIpc) is 2.47. The summed E-state index contributed by atoms with van der Waals surface area (Å²) in [5, 5.41) is 2.91. The first-order chi connectivity index (χ1) is 9.29. The Bertz CT molecular complexity index is 396. The van der Waals surface area contributed by atoms with Crippen molar-refractivity contribution < 1.29 is 4.79 Å². The monoisotopic (exact) mass is 280 g/mol. The van der Waals surface area contributed by atoms with Gasteiger partial charge in [0.1, 0.15) is 5.88 Å². The number of nitrogens with zero attached hydrogens (tertiary/aromatic N) is 1. The standard InChI is InChI=1S/C15H21ClN2O/c16-10-15(19)17-11-14-8-4-5-9-18(14)12-13-6-2-1-3-7-13/h1-3,6-7,14H,4-5,8-12H2,(H,17,19)/t14-/m1/s1. The van der Waals surface area contributed by atoms with E-state index in [1.807, 2.05) is 6.07 Å². The molecule has 1 aliphatic rings. The van der Waals surface area contributed by atoms with E-state index in [1.165, 1.54) is 18.4 Å². The quantitative estimate of drug-likeness (QED) is 0.840. The zero-order chi connectivity index (χ0) is 13.5. The summed E-state index contributed by atoms with van der Waals surface area (Å²) in [6, 6.07) is 10.9. The number of likely N-dealkylation sites (tertiary alicyclic amines) is 1. The molecule has 1 saturated heterocycles. The normalized spacial score (nSPS) is 20.2. The molecule has 1 fully saturated rings. The van der Waals surface area contributed by atoms with Gasteiger partial charge in [0.2, 0.25) is 5.91 Å². The summed E-state index contributed by atoms with van der Waals surface area (Å²) in [5.41, 5.74) is 1.33. The fourth-order valence-electron chi connectivity index (χ4n) is 2.60. The van der Waals surface area contributed by atoms with E-state index in [9.17, 15) is 4.79 Å². The average molecular weight is 281 g/mol. The number of piperidine rings is 1. The molecule has 1 atom stereocenters. The molecule has 4 heteroatoms. The van der Waals surface area contributed by atoms with Gasteiger partial charge in [-0.1, -0.05) is 36.8 Å². The van der Waals surface area contributed by atoms with Crippen LogP contribution in [0.2, 0.25) is 0 Å². The second kappa shape index (κ2) is 7.51. The minimum Gasteiger partial charge on any atom is -0.353 e. The van der Waals surface area contributed by atoms with Crippen LogP contribution in [0, 0.1) is 0 Å². The van der Waals surface area contributed by atoms with Crippen molar-refractivity contribution in [3.63, 3.8) is 0 Å². The van der Waals surface area contributed by atoms with Crippen molar-refractivity contribution in [3.05, 3.63) is 35.9 Å².